The number of carbonyl (C=O) groups is 1. The molecule has 4 rings (SSSR count). The normalized spacial score (nSPS) is 21.8. The average molecular weight is 366 g/mol. The van der Waals surface area contributed by atoms with Gasteiger partial charge in [0.2, 0.25) is 0 Å². The summed E-state index contributed by atoms with van der Waals surface area (Å²) < 4.78 is 5.41. The van der Waals surface area contributed by atoms with Crippen LogP contribution in [0.1, 0.15) is 44.4 Å². The van der Waals surface area contributed by atoms with Gasteiger partial charge in [0, 0.05) is 23.8 Å². The Labute approximate surface area is 160 Å². The lowest BCUT2D eigenvalue weighted by atomic mass is 9.83. The number of benzene rings is 1. The molecule has 5 heteroatoms. The fraction of sp³-hybridized carbons (Fsp3) is 0.455. The number of nitrogens with zero attached hydrogens (tertiary/aromatic N) is 2. The fourth-order valence-corrected chi connectivity index (χ4v) is 4.44. The van der Waals surface area contributed by atoms with Crippen LogP contribution >= 0.6 is 0 Å². The molecule has 1 aromatic heterocycles. The zero-order chi connectivity index (χ0) is 19.0. The molecule has 0 radical (unpaired) electrons. The summed E-state index contributed by atoms with van der Waals surface area (Å²) in [6.45, 7) is 5.29. The molecule has 1 fully saturated rings. The van der Waals surface area contributed by atoms with Crippen LogP contribution in [0, 0.1) is 5.92 Å². The molecule has 5 nitrogen and oxygen atoms in total. The third-order valence-electron chi connectivity index (χ3n) is 5.82. The van der Waals surface area contributed by atoms with E-state index in [-0.39, 0.29) is 0 Å². The molecule has 2 atom stereocenters. The van der Waals surface area contributed by atoms with Crippen LogP contribution in [-0.4, -0.2) is 28.8 Å². The fourth-order valence-electron chi connectivity index (χ4n) is 4.44. The van der Waals surface area contributed by atoms with Crippen molar-refractivity contribution < 1.29 is 14.6 Å². The lowest BCUT2D eigenvalue weighted by Gasteiger charge is -2.30. The van der Waals surface area contributed by atoms with E-state index in [0.29, 0.717) is 23.5 Å². The molecule has 2 aromatic rings. The van der Waals surface area contributed by atoms with E-state index in [1.165, 1.54) is 0 Å². The molecular formula is C22H26N2O3. The quantitative estimate of drug-likeness (QED) is 0.781. The standard InChI is InChI=1S/C22H26N2O3/c1-14-10-11-18-17(13-14)19(16-8-4-3-5-9-16)20(27-22(25)26)21(23-18)24-12-6-7-15(24)2/h3-5,8-9,14-15H,6-7,10-13H2,1-2H3,(H,25,26). The van der Waals surface area contributed by atoms with Crippen LogP contribution in [0.5, 0.6) is 5.75 Å². The molecule has 0 saturated carbocycles. The van der Waals surface area contributed by atoms with Gasteiger partial charge in [-0.25, -0.2) is 9.78 Å². The van der Waals surface area contributed by atoms with Crippen molar-refractivity contribution in [3.8, 4) is 16.9 Å². The zero-order valence-corrected chi connectivity index (χ0v) is 15.9. The Morgan fingerprint density at radius 2 is 2.00 bits per heavy atom. The summed E-state index contributed by atoms with van der Waals surface area (Å²) in [5.41, 5.74) is 4.14. The summed E-state index contributed by atoms with van der Waals surface area (Å²) in [5.74, 6) is 1.64. The van der Waals surface area contributed by atoms with Crippen molar-refractivity contribution in [2.24, 2.45) is 5.92 Å². The maximum absolute atomic E-state index is 11.6. The predicted molar refractivity (Wildman–Crippen MR) is 106 cm³/mol. The molecule has 1 aliphatic heterocycles. The van der Waals surface area contributed by atoms with Gasteiger partial charge in [0.1, 0.15) is 0 Å². The molecule has 142 valence electrons. The second-order valence-corrected chi connectivity index (χ2v) is 7.83. The molecular weight excluding hydrogens is 340 g/mol. The van der Waals surface area contributed by atoms with Gasteiger partial charge in [0.15, 0.2) is 11.6 Å². The SMILES string of the molecule is CC1CCc2nc(N3CCCC3C)c(OC(=O)O)c(-c3ccccc3)c2C1. The van der Waals surface area contributed by atoms with Crippen molar-refractivity contribution >= 4 is 12.0 Å². The number of fused-ring (bicyclic) bond motifs is 1. The molecule has 2 unspecified atom stereocenters. The first-order chi connectivity index (χ1) is 13.0. The van der Waals surface area contributed by atoms with E-state index in [4.69, 9.17) is 9.72 Å². The first kappa shape index (κ1) is 17.8. The third kappa shape index (κ3) is 3.38. The minimum atomic E-state index is -1.29. The number of anilines is 1. The smallest absolute Gasteiger partial charge is 0.449 e. The first-order valence-corrected chi connectivity index (χ1v) is 9.83. The largest absolute Gasteiger partial charge is 0.511 e. The minimum Gasteiger partial charge on any atom is -0.449 e. The minimum absolute atomic E-state index is 0.331. The van der Waals surface area contributed by atoms with Crippen LogP contribution in [0.15, 0.2) is 30.3 Å². The lowest BCUT2D eigenvalue weighted by molar-refractivity contribution is 0.144. The second-order valence-electron chi connectivity index (χ2n) is 7.83. The van der Waals surface area contributed by atoms with Crippen molar-refractivity contribution in [3.63, 3.8) is 0 Å². The Morgan fingerprint density at radius 1 is 1.22 bits per heavy atom. The lowest BCUT2D eigenvalue weighted by Crippen LogP contribution is -2.29. The number of hydrogen-bond donors (Lipinski definition) is 1. The summed E-state index contributed by atoms with van der Waals surface area (Å²) >= 11 is 0. The number of aromatic nitrogens is 1. The van der Waals surface area contributed by atoms with Gasteiger partial charge in [0.05, 0.1) is 0 Å². The van der Waals surface area contributed by atoms with Crippen LogP contribution < -0.4 is 9.64 Å². The third-order valence-corrected chi connectivity index (χ3v) is 5.82. The van der Waals surface area contributed by atoms with Gasteiger partial charge < -0.3 is 14.7 Å². The summed E-state index contributed by atoms with van der Waals surface area (Å²) in [5, 5.41) is 9.46. The molecule has 1 N–H and O–H groups in total. The number of rotatable bonds is 3. The van der Waals surface area contributed by atoms with Crippen LogP contribution in [0.3, 0.4) is 0 Å². The predicted octanol–water partition coefficient (Wildman–Crippen LogP) is 4.92. The molecule has 1 aromatic carbocycles. The molecule has 0 spiro atoms. The Kier molecular flexibility index (Phi) is 4.77. The van der Waals surface area contributed by atoms with Crippen molar-refractivity contribution in [2.45, 2.75) is 52.0 Å². The zero-order valence-electron chi connectivity index (χ0n) is 15.9. The highest BCUT2D eigenvalue weighted by atomic mass is 16.7. The van der Waals surface area contributed by atoms with Crippen LogP contribution in [-0.2, 0) is 12.8 Å². The van der Waals surface area contributed by atoms with Crippen molar-refractivity contribution in [1.82, 2.24) is 4.98 Å². The Bertz CT molecular complexity index is 850. The first-order valence-electron chi connectivity index (χ1n) is 9.83. The van der Waals surface area contributed by atoms with Crippen molar-refractivity contribution in [2.75, 3.05) is 11.4 Å². The summed E-state index contributed by atoms with van der Waals surface area (Å²) in [4.78, 5) is 18.7. The number of aryl methyl sites for hydroxylation is 1. The molecule has 0 bridgehead atoms. The van der Waals surface area contributed by atoms with Crippen LogP contribution in [0.2, 0.25) is 0 Å². The van der Waals surface area contributed by atoms with Gasteiger partial charge in [0.25, 0.3) is 0 Å². The van der Waals surface area contributed by atoms with E-state index in [0.717, 1.165) is 61.0 Å². The van der Waals surface area contributed by atoms with E-state index in [2.05, 4.69) is 18.7 Å². The molecule has 27 heavy (non-hydrogen) atoms. The van der Waals surface area contributed by atoms with E-state index >= 15 is 0 Å². The van der Waals surface area contributed by atoms with E-state index in [9.17, 15) is 9.90 Å². The van der Waals surface area contributed by atoms with Gasteiger partial charge >= 0.3 is 6.16 Å². The maximum atomic E-state index is 11.6. The van der Waals surface area contributed by atoms with E-state index < -0.39 is 6.16 Å². The number of ether oxygens (including phenoxy) is 1. The highest BCUT2D eigenvalue weighted by molar-refractivity contribution is 5.83. The van der Waals surface area contributed by atoms with Gasteiger partial charge in [-0.15, -0.1) is 0 Å². The summed E-state index contributed by atoms with van der Waals surface area (Å²) in [7, 11) is 0. The van der Waals surface area contributed by atoms with Crippen LogP contribution in [0.4, 0.5) is 10.6 Å². The van der Waals surface area contributed by atoms with Crippen LogP contribution in [0.25, 0.3) is 11.1 Å². The van der Waals surface area contributed by atoms with Gasteiger partial charge in [-0.1, -0.05) is 37.3 Å². The molecule has 1 aliphatic carbocycles. The topological polar surface area (TPSA) is 62.7 Å². The highest BCUT2D eigenvalue weighted by Gasteiger charge is 2.32. The Balaban J connectivity index is 1.98. The van der Waals surface area contributed by atoms with Crippen molar-refractivity contribution in [3.05, 3.63) is 41.6 Å². The molecule has 1 saturated heterocycles. The van der Waals surface area contributed by atoms with Crippen molar-refractivity contribution in [1.29, 1.82) is 0 Å². The Morgan fingerprint density at radius 3 is 2.67 bits per heavy atom. The monoisotopic (exact) mass is 366 g/mol. The Hall–Kier alpha value is -2.56. The number of carboxylic acid groups (broad SMARTS) is 1. The summed E-state index contributed by atoms with van der Waals surface area (Å²) in [6.07, 6.45) is 3.83. The second kappa shape index (κ2) is 7.22. The molecule has 2 aliphatic rings. The molecule has 2 heterocycles. The summed E-state index contributed by atoms with van der Waals surface area (Å²) in [6, 6.07) is 10.3. The van der Waals surface area contributed by atoms with E-state index in [1.807, 2.05) is 30.3 Å². The molecule has 0 amide bonds. The average Bonchev–Trinajstić information content (AvgIpc) is 3.07. The van der Waals surface area contributed by atoms with Gasteiger partial charge in [-0.2, -0.15) is 0 Å². The maximum Gasteiger partial charge on any atom is 0.511 e. The van der Waals surface area contributed by atoms with Gasteiger partial charge in [-0.05, 0) is 56.1 Å². The van der Waals surface area contributed by atoms with E-state index in [1.54, 1.807) is 0 Å². The number of pyridine rings is 1. The number of hydrogen-bond acceptors (Lipinski definition) is 4. The van der Waals surface area contributed by atoms with Gasteiger partial charge in [-0.3, -0.25) is 0 Å². The highest BCUT2D eigenvalue weighted by Crippen LogP contribution is 2.45.